The van der Waals surface area contributed by atoms with Crippen LogP contribution in [0.3, 0.4) is 0 Å². The standard InChI is InChI=1S/C5H12N4O.BrH/c1-3(4(6)10)9-5(7)8-2;/h3H,1-2H3,(H2,6,10)(H3,7,8,9);1H/t3-;/m0./s1. The highest BCUT2D eigenvalue weighted by molar-refractivity contribution is 8.93. The molecule has 0 saturated carbocycles. The molecular weight excluding hydrogens is 212 g/mol. The van der Waals surface area contributed by atoms with E-state index in [1.807, 2.05) is 0 Å². The molecular formula is C5H13BrN4O. The molecule has 11 heavy (non-hydrogen) atoms. The summed E-state index contributed by atoms with van der Waals surface area (Å²) in [6.07, 6.45) is 0. The molecule has 0 aromatic heterocycles. The van der Waals surface area contributed by atoms with Gasteiger partial charge in [0.2, 0.25) is 5.91 Å². The van der Waals surface area contributed by atoms with E-state index in [9.17, 15) is 4.79 Å². The molecule has 0 aromatic rings. The monoisotopic (exact) mass is 224 g/mol. The Balaban J connectivity index is 0. The minimum Gasteiger partial charge on any atom is -0.370 e. The van der Waals surface area contributed by atoms with Crippen molar-refractivity contribution in [2.75, 3.05) is 7.05 Å². The van der Waals surface area contributed by atoms with Crippen LogP contribution in [0.5, 0.6) is 0 Å². The maximum Gasteiger partial charge on any atom is 0.239 e. The van der Waals surface area contributed by atoms with Crippen molar-refractivity contribution in [1.82, 2.24) is 5.32 Å². The first kappa shape index (κ1) is 12.9. The number of aliphatic imine (C=N–C) groups is 1. The number of amides is 1. The molecule has 6 heteroatoms. The second kappa shape index (κ2) is 5.96. The second-order valence-corrected chi connectivity index (χ2v) is 1.88. The lowest BCUT2D eigenvalue weighted by Crippen LogP contribution is -2.45. The summed E-state index contributed by atoms with van der Waals surface area (Å²) in [7, 11) is 1.52. The zero-order valence-corrected chi connectivity index (χ0v) is 8.21. The largest absolute Gasteiger partial charge is 0.370 e. The van der Waals surface area contributed by atoms with Gasteiger partial charge in [-0.1, -0.05) is 0 Å². The molecule has 5 nitrogen and oxygen atoms in total. The number of carbonyl (C=O) groups excluding carboxylic acids is 1. The van der Waals surface area contributed by atoms with Crippen LogP contribution >= 0.6 is 17.0 Å². The first-order valence-electron chi connectivity index (χ1n) is 2.86. The highest BCUT2D eigenvalue weighted by atomic mass is 79.9. The van der Waals surface area contributed by atoms with Crippen molar-refractivity contribution in [1.29, 1.82) is 0 Å². The molecule has 1 atom stereocenters. The SMILES string of the molecule is Br.CN=C(N)N[C@@H](C)C(N)=O. The van der Waals surface area contributed by atoms with Gasteiger partial charge in [0.25, 0.3) is 0 Å². The van der Waals surface area contributed by atoms with E-state index < -0.39 is 11.9 Å². The second-order valence-electron chi connectivity index (χ2n) is 1.88. The summed E-state index contributed by atoms with van der Waals surface area (Å²) >= 11 is 0. The fraction of sp³-hybridized carbons (Fsp3) is 0.600. The Labute approximate surface area is 76.0 Å². The van der Waals surface area contributed by atoms with Gasteiger partial charge < -0.3 is 16.8 Å². The molecule has 0 spiro atoms. The van der Waals surface area contributed by atoms with Crippen molar-refractivity contribution in [2.24, 2.45) is 16.5 Å². The van der Waals surface area contributed by atoms with Crippen molar-refractivity contribution in [3.05, 3.63) is 0 Å². The molecule has 66 valence electrons. The fourth-order valence-corrected chi connectivity index (χ4v) is 0.358. The Morgan fingerprint density at radius 1 is 1.55 bits per heavy atom. The van der Waals surface area contributed by atoms with E-state index in [2.05, 4.69) is 10.3 Å². The van der Waals surface area contributed by atoms with E-state index in [1.165, 1.54) is 7.05 Å². The zero-order valence-electron chi connectivity index (χ0n) is 6.50. The fourth-order valence-electron chi connectivity index (χ4n) is 0.358. The van der Waals surface area contributed by atoms with Crippen LogP contribution in [0.2, 0.25) is 0 Å². The van der Waals surface area contributed by atoms with Gasteiger partial charge >= 0.3 is 0 Å². The molecule has 0 unspecified atom stereocenters. The average Bonchev–Trinajstić information content (AvgIpc) is 1.87. The molecule has 0 radical (unpaired) electrons. The van der Waals surface area contributed by atoms with Gasteiger partial charge in [0, 0.05) is 7.05 Å². The summed E-state index contributed by atoms with van der Waals surface area (Å²) in [5.74, 6) is -0.238. The van der Waals surface area contributed by atoms with Crippen molar-refractivity contribution in [2.45, 2.75) is 13.0 Å². The van der Waals surface area contributed by atoms with Crippen molar-refractivity contribution in [3.63, 3.8) is 0 Å². The number of rotatable bonds is 2. The van der Waals surface area contributed by atoms with Gasteiger partial charge in [0.05, 0.1) is 0 Å². The van der Waals surface area contributed by atoms with Crippen LogP contribution in [0.1, 0.15) is 6.92 Å². The molecule has 0 aliphatic rings. The number of carbonyl (C=O) groups is 1. The van der Waals surface area contributed by atoms with Gasteiger partial charge in [-0.05, 0) is 6.92 Å². The predicted molar refractivity (Wildman–Crippen MR) is 49.7 cm³/mol. The first-order valence-corrected chi connectivity index (χ1v) is 2.86. The molecule has 5 N–H and O–H groups in total. The number of hydrogen-bond acceptors (Lipinski definition) is 2. The third-order valence-electron chi connectivity index (χ3n) is 1.03. The number of nitrogens with two attached hydrogens (primary N) is 2. The van der Waals surface area contributed by atoms with E-state index in [1.54, 1.807) is 6.92 Å². The number of primary amides is 1. The Hall–Kier alpha value is -0.780. The molecule has 0 rings (SSSR count). The number of nitrogens with one attached hydrogen (secondary N) is 1. The third kappa shape index (κ3) is 5.65. The topological polar surface area (TPSA) is 93.5 Å². The lowest BCUT2D eigenvalue weighted by Gasteiger charge is -2.08. The smallest absolute Gasteiger partial charge is 0.239 e. The van der Waals surface area contributed by atoms with Crippen molar-refractivity contribution >= 4 is 28.8 Å². The molecule has 0 heterocycles. The number of halogens is 1. The summed E-state index contributed by atoms with van der Waals surface area (Å²) in [5.41, 5.74) is 10.2. The van der Waals surface area contributed by atoms with Crippen LogP contribution in [-0.4, -0.2) is 25.0 Å². The van der Waals surface area contributed by atoms with Crippen molar-refractivity contribution in [3.8, 4) is 0 Å². The number of hydrogen-bond donors (Lipinski definition) is 3. The van der Waals surface area contributed by atoms with Gasteiger partial charge in [-0.3, -0.25) is 9.79 Å². The maximum absolute atomic E-state index is 10.4. The van der Waals surface area contributed by atoms with Gasteiger partial charge in [0.15, 0.2) is 5.96 Å². The van der Waals surface area contributed by atoms with Gasteiger partial charge in [-0.25, -0.2) is 0 Å². The van der Waals surface area contributed by atoms with Gasteiger partial charge in [0.1, 0.15) is 6.04 Å². The Morgan fingerprint density at radius 2 is 2.00 bits per heavy atom. The average molecular weight is 225 g/mol. The van der Waals surface area contributed by atoms with Crippen LogP contribution in [0.4, 0.5) is 0 Å². The van der Waals surface area contributed by atoms with Gasteiger partial charge in [-0.15, -0.1) is 17.0 Å². The van der Waals surface area contributed by atoms with E-state index in [0.717, 1.165) is 0 Å². The number of guanidine groups is 1. The minimum absolute atomic E-state index is 0. The molecule has 0 saturated heterocycles. The molecule has 0 aromatic carbocycles. The third-order valence-corrected chi connectivity index (χ3v) is 1.03. The lowest BCUT2D eigenvalue weighted by molar-refractivity contribution is -0.119. The van der Waals surface area contributed by atoms with E-state index in [0.29, 0.717) is 0 Å². The summed E-state index contributed by atoms with van der Waals surface area (Å²) in [6.45, 7) is 1.61. The summed E-state index contributed by atoms with van der Waals surface area (Å²) < 4.78 is 0. The van der Waals surface area contributed by atoms with Crippen molar-refractivity contribution < 1.29 is 4.79 Å². The zero-order chi connectivity index (χ0) is 8.15. The Kier molecular flexibility index (Phi) is 6.97. The number of nitrogens with zero attached hydrogens (tertiary/aromatic N) is 1. The van der Waals surface area contributed by atoms with Crippen LogP contribution < -0.4 is 16.8 Å². The molecule has 0 aliphatic heterocycles. The summed E-state index contributed by atoms with van der Waals surface area (Å²) in [6, 6.07) is -0.469. The Morgan fingerprint density at radius 3 is 2.27 bits per heavy atom. The van der Waals surface area contributed by atoms with Gasteiger partial charge in [-0.2, -0.15) is 0 Å². The molecule has 0 aliphatic carbocycles. The highest BCUT2D eigenvalue weighted by Gasteiger charge is 2.06. The highest BCUT2D eigenvalue weighted by Crippen LogP contribution is 1.75. The summed E-state index contributed by atoms with van der Waals surface area (Å²) in [5, 5.41) is 2.58. The van der Waals surface area contributed by atoms with E-state index in [-0.39, 0.29) is 22.9 Å². The normalized spacial score (nSPS) is 13.1. The van der Waals surface area contributed by atoms with Crippen LogP contribution in [0.15, 0.2) is 4.99 Å². The molecule has 0 fully saturated rings. The van der Waals surface area contributed by atoms with E-state index in [4.69, 9.17) is 11.5 Å². The predicted octanol–water partition coefficient (Wildman–Crippen LogP) is -1.03. The lowest BCUT2D eigenvalue weighted by atomic mass is 10.3. The summed E-state index contributed by atoms with van der Waals surface area (Å²) in [4.78, 5) is 14.0. The quantitative estimate of drug-likeness (QED) is 0.414. The van der Waals surface area contributed by atoms with Crippen LogP contribution in [0.25, 0.3) is 0 Å². The molecule has 0 bridgehead atoms. The molecule has 1 amide bonds. The van der Waals surface area contributed by atoms with E-state index >= 15 is 0 Å². The maximum atomic E-state index is 10.4. The Bertz CT molecular complexity index is 159. The van der Waals surface area contributed by atoms with Crippen LogP contribution in [0, 0.1) is 0 Å². The first-order chi connectivity index (χ1) is 4.57. The van der Waals surface area contributed by atoms with Crippen LogP contribution in [-0.2, 0) is 4.79 Å². The minimum atomic E-state index is -0.469.